The van der Waals surface area contributed by atoms with Crippen LogP contribution < -0.4 is 11.1 Å². The summed E-state index contributed by atoms with van der Waals surface area (Å²) in [5, 5.41) is 3.29. The monoisotopic (exact) mass is 230 g/mol. The van der Waals surface area contributed by atoms with Crippen molar-refractivity contribution in [3.8, 4) is 0 Å². The molecule has 82 valence electrons. The first kappa shape index (κ1) is 11.8. The van der Waals surface area contributed by atoms with Gasteiger partial charge in [-0.1, -0.05) is 11.6 Å². The SMILES string of the molecule is NC(=O)CCCNc1cc(F)cc(Cl)c1. The first-order valence-corrected chi connectivity index (χ1v) is 4.94. The number of hydrogen-bond acceptors (Lipinski definition) is 2. The second-order valence-electron chi connectivity index (χ2n) is 3.15. The molecule has 0 aliphatic heterocycles. The third-order valence-electron chi connectivity index (χ3n) is 1.79. The normalized spacial score (nSPS) is 10.0. The summed E-state index contributed by atoms with van der Waals surface area (Å²) < 4.78 is 12.9. The topological polar surface area (TPSA) is 55.1 Å². The Bertz CT molecular complexity index is 337. The first-order valence-electron chi connectivity index (χ1n) is 4.56. The van der Waals surface area contributed by atoms with E-state index in [9.17, 15) is 9.18 Å². The molecule has 1 rings (SSSR count). The summed E-state index contributed by atoms with van der Waals surface area (Å²) in [5.74, 6) is -0.728. The first-order chi connectivity index (χ1) is 7.08. The van der Waals surface area contributed by atoms with Gasteiger partial charge in [0, 0.05) is 23.7 Å². The predicted octanol–water partition coefficient (Wildman–Crippen LogP) is 2.16. The zero-order chi connectivity index (χ0) is 11.3. The molecule has 0 spiro atoms. The Morgan fingerprint density at radius 2 is 2.20 bits per heavy atom. The number of halogens is 2. The molecule has 1 amide bonds. The number of benzene rings is 1. The molecule has 1 aromatic carbocycles. The van der Waals surface area contributed by atoms with E-state index in [1.807, 2.05) is 0 Å². The summed E-state index contributed by atoms with van der Waals surface area (Å²) >= 11 is 5.66. The fraction of sp³-hybridized carbons (Fsp3) is 0.300. The maximum Gasteiger partial charge on any atom is 0.217 e. The molecule has 3 nitrogen and oxygen atoms in total. The van der Waals surface area contributed by atoms with Crippen molar-refractivity contribution < 1.29 is 9.18 Å². The van der Waals surface area contributed by atoms with E-state index in [2.05, 4.69) is 5.32 Å². The lowest BCUT2D eigenvalue weighted by Crippen LogP contribution is -2.12. The summed E-state index contributed by atoms with van der Waals surface area (Å²) in [5.41, 5.74) is 5.57. The van der Waals surface area contributed by atoms with Gasteiger partial charge in [-0.15, -0.1) is 0 Å². The largest absolute Gasteiger partial charge is 0.385 e. The molecule has 0 aromatic heterocycles. The van der Waals surface area contributed by atoms with Gasteiger partial charge in [0.15, 0.2) is 0 Å². The smallest absolute Gasteiger partial charge is 0.217 e. The van der Waals surface area contributed by atoms with Crippen LogP contribution in [0, 0.1) is 5.82 Å². The second-order valence-corrected chi connectivity index (χ2v) is 3.59. The van der Waals surface area contributed by atoms with Gasteiger partial charge in [-0.2, -0.15) is 0 Å². The van der Waals surface area contributed by atoms with Gasteiger partial charge in [-0.3, -0.25) is 4.79 Å². The lowest BCUT2D eigenvalue weighted by molar-refractivity contribution is -0.118. The number of primary amides is 1. The molecule has 0 radical (unpaired) electrons. The van der Waals surface area contributed by atoms with E-state index < -0.39 is 0 Å². The molecule has 0 saturated heterocycles. The van der Waals surface area contributed by atoms with Gasteiger partial charge < -0.3 is 11.1 Å². The Labute approximate surface area is 92.4 Å². The van der Waals surface area contributed by atoms with Crippen LogP contribution in [0.25, 0.3) is 0 Å². The van der Waals surface area contributed by atoms with E-state index in [-0.39, 0.29) is 11.7 Å². The highest BCUT2D eigenvalue weighted by atomic mass is 35.5. The standard InChI is InChI=1S/C10H12ClFN2O/c11-7-4-8(12)6-9(5-7)14-3-1-2-10(13)15/h4-6,14H,1-3H2,(H2,13,15). The molecule has 0 atom stereocenters. The van der Waals surface area contributed by atoms with Gasteiger partial charge in [0.05, 0.1) is 0 Å². The summed E-state index contributed by atoms with van der Waals surface area (Å²) in [6.45, 7) is 0.558. The van der Waals surface area contributed by atoms with E-state index in [0.717, 1.165) is 0 Å². The lowest BCUT2D eigenvalue weighted by Gasteiger charge is -2.05. The highest BCUT2D eigenvalue weighted by molar-refractivity contribution is 6.30. The van der Waals surface area contributed by atoms with E-state index in [4.69, 9.17) is 17.3 Å². The number of anilines is 1. The zero-order valence-corrected chi connectivity index (χ0v) is 8.85. The number of nitrogens with one attached hydrogen (secondary N) is 1. The highest BCUT2D eigenvalue weighted by Crippen LogP contribution is 2.17. The number of nitrogens with two attached hydrogens (primary N) is 1. The van der Waals surface area contributed by atoms with Crippen molar-refractivity contribution in [2.45, 2.75) is 12.8 Å². The summed E-state index contributed by atoms with van der Waals surface area (Å²) in [6.07, 6.45) is 0.930. The molecule has 0 unspecified atom stereocenters. The molecule has 1 aromatic rings. The van der Waals surface area contributed by atoms with Crippen molar-refractivity contribution in [3.05, 3.63) is 29.0 Å². The van der Waals surface area contributed by atoms with E-state index in [1.54, 1.807) is 6.07 Å². The Balaban J connectivity index is 2.40. The van der Waals surface area contributed by atoms with Gasteiger partial charge in [0.2, 0.25) is 5.91 Å². The number of rotatable bonds is 5. The van der Waals surface area contributed by atoms with Crippen LogP contribution >= 0.6 is 11.6 Å². The van der Waals surface area contributed by atoms with Crippen LogP contribution in [0.2, 0.25) is 5.02 Å². The molecule has 0 heterocycles. The van der Waals surface area contributed by atoms with E-state index >= 15 is 0 Å². The van der Waals surface area contributed by atoms with Gasteiger partial charge in [0.1, 0.15) is 5.82 Å². The van der Waals surface area contributed by atoms with Gasteiger partial charge >= 0.3 is 0 Å². The maximum absolute atomic E-state index is 12.9. The van der Waals surface area contributed by atoms with Gasteiger partial charge in [0.25, 0.3) is 0 Å². The molecule has 0 bridgehead atoms. The van der Waals surface area contributed by atoms with E-state index in [1.165, 1.54) is 12.1 Å². The Kier molecular flexibility index (Phi) is 4.37. The number of amides is 1. The fourth-order valence-electron chi connectivity index (χ4n) is 1.15. The number of hydrogen-bond donors (Lipinski definition) is 2. The summed E-state index contributed by atoms with van der Waals surface area (Å²) in [6, 6.07) is 4.20. The Morgan fingerprint density at radius 1 is 1.47 bits per heavy atom. The summed E-state index contributed by atoms with van der Waals surface area (Å²) in [4.78, 5) is 10.4. The van der Waals surface area contributed by atoms with Crippen LogP contribution in [0.15, 0.2) is 18.2 Å². The second kappa shape index (κ2) is 5.56. The molecule has 3 N–H and O–H groups in total. The minimum Gasteiger partial charge on any atom is -0.385 e. The average molecular weight is 231 g/mol. The predicted molar refractivity (Wildman–Crippen MR) is 58.3 cm³/mol. The molecule has 0 fully saturated rings. The van der Waals surface area contributed by atoms with Crippen molar-refractivity contribution in [2.75, 3.05) is 11.9 Å². The van der Waals surface area contributed by atoms with Gasteiger partial charge in [-0.05, 0) is 24.6 Å². The van der Waals surface area contributed by atoms with Crippen molar-refractivity contribution >= 4 is 23.2 Å². The average Bonchev–Trinajstić information content (AvgIpc) is 2.10. The maximum atomic E-state index is 12.9. The number of carbonyl (C=O) groups excluding carboxylic acids is 1. The molecular weight excluding hydrogens is 219 g/mol. The lowest BCUT2D eigenvalue weighted by atomic mass is 10.2. The Morgan fingerprint density at radius 3 is 2.80 bits per heavy atom. The summed E-state index contributed by atoms with van der Waals surface area (Å²) in [7, 11) is 0. The van der Waals surface area contributed by atoms with Crippen molar-refractivity contribution in [1.82, 2.24) is 0 Å². The van der Waals surface area contributed by atoms with Crippen LogP contribution in [-0.4, -0.2) is 12.5 Å². The van der Waals surface area contributed by atoms with Crippen molar-refractivity contribution in [2.24, 2.45) is 5.73 Å². The van der Waals surface area contributed by atoms with Crippen molar-refractivity contribution in [3.63, 3.8) is 0 Å². The van der Waals surface area contributed by atoms with E-state index in [0.29, 0.717) is 30.1 Å². The fourth-order valence-corrected chi connectivity index (χ4v) is 1.37. The molecule has 0 saturated carbocycles. The van der Waals surface area contributed by atoms with Crippen molar-refractivity contribution in [1.29, 1.82) is 0 Å². The van der Waals surface area contributed by atoms with Crippen LogP contribution in [0.4, 0.5) is 10.1 Å². The third kappa shape index (κ3) is 4.65. The third-order valence-corrected chi connectivity index (χ3v) is 2.01. The molecular formula is C10H12ClFN2O. The zero-order valence-electron chi connectivity index (χ0n) is 8.09. The van der Waals surface area contributed by atoms with Gasteiger partial charge in [-0.25, -0.2) is 4.39 Å². The molecule has 0 aliphatic rings. The van der Waals surface area contributed by atoms with Crippen LogP contribution in [-0.2, 0) is 4.79 Å². The number of carbonyl (C=O) groups is 1. The minimum atomic E-state index is -0.389. The van der Waals surface area contributed by atoms with Crippen LogP contribution in [0.1, 0.15) is 12.8 Å². The van der Waals surface area contributed by atoms with Crippen LogP contribution in [0.5, 0.6) is 0 Å². The minimum absolute atomic E-state index is 0.316. The van der Waals surface area contributed by atoms with Crippen LogP contribution in [0.3, 0.4) is 0 Å². The molecule has 15 heavy (non-hydrogen) atoms. The molecule has 5 heteroatoms. The highest BCUT2D eigenvalue weighted by Gasteiger charge is 1.99. The quantitative estimate of drug-likeness (QED) is 0.762. The molecule has 0 aliphatic carbocycles. The Hall–Kier alpha value is -1.29.